The molecule has 0 radical (unpaired) electrons. The molecule has 90 valence electrons. The standard InChI is InChI=1S/C10H20ClNO2S/c1-10(2)7-9(10)8-12-15(13,14)6-4-3-5-11/h9,12H,3-8H2,1-2H3. The maximum atomic E-state index is 11.5. The predicted molar refractivity (Wildman–Crippen MR) is 63.6 cm³/mol. The molecule has 1 aliphatic carbocycles. The Morgan fingerprint density at radius 1 is 1.40 bits per heavy atom. The third kappa shape index (κ3) is 4.70. The molecular weight excluding hydrogens is 234 g/mol. The van der Waals surface area contributed by atoms with Gasteiger partial charge in [0.2, 0.25) is 10.0 Å². The zero-order valence-electron chi connectivity index (χ0n) is 9.42. The van der Waals surface area contributed by atoms with Gasteiger partial charge in [0.25, 0.3) is 0 Å². The number of hydrogen-bond donors (Lipinski definition) is 1. The molecule has 0 aromatic heterocycles. The molecule has 0 aromatic rings. The lowest BCUT2D eigenvalue weighted by atomic mass is 10.1. The van der Waals surface area contributed by atoms with Crippen molar-refractivity contribution in [1.29, 1.82) is 0 Å². The Morgan fingerprint density at radius 3 is 2.47 bits per heavy atom. The molecule has 1 atom stereocenters. The largest absolute Gasteiger partial charge is 0.215 e. The Bertz CT molecular complexity index is 301. The molecule has 0 amide bonds. The van der Waals surface area contributed by atoms with Gasteiger partial charge >= 0.3 is 0 Å². The predicted octanol–water partition coefficient (Wildman–Crippen LogP) is 1.97. The molecule has 15 heavy (non-hydrogen) atoms. The lowest BCUT2D eigenvalue weighted by Crippen LogP contribution is -2.29. The Morgan fingerprint density at radius 2 is 2.00 bits per heavy atom. The van der Waals surface area contributed by atoms with Crippen LogP contribution in [0.4, 0.5) is 0 Å². The van der Waals surface area contributed by atoms with Gasteiger partial charge in [-0.25, -0.2) is 13.1 Å². The van der Waals surface area contributed by atoms with Crippen molar-refractivity contribution in [1.82, 2.24) is 4.72 Å². The van der Waals surface area contributed by atoms with E-state index in [0.717, 1.165) is 12.8 Å². The van der Waals surface area contributed by atoms with Crippen LogP contribution in [0.2, 0.25) is 0 Å². The number of nitrogens with one attached hydrogen (secondary N) is 1. The van der Waals surface area contributed by atoms with Gasteiger partial charge in [-0.05, 0) is 30.6 Å². The molecule has 1 rings (SSSR count). The highest BCUT2D eigenvalue weighted by atomic mass is 35.5. The lowest BCUT2D eigenvalue weighted by molar-refractivity contribution is 0.536. The van der Waals surface area contributed by atoms with Crippen molar-refractivity contribution in [3.8, 4) is 0 Å². The molecule has 3 nitrogen and oxygen atoms in total. The van der Waals surface area contributed by atoms with Crippen LogP contribution >= 0.6 is 11.6 Å². The monoisotopic (exact) mass is 253 g/mol. The summed E-state index contributed by atoms with van der Waals surface area (Å²) in [4.78, 5) is 0. The molecule has 1 saturated carbocycles. The van der Waals surface area contributed by atoms with E-state index in [0.29, 0.717) is 30.2 Å². The Hall–Kier alpha value is 0.200. The first-order valence-corrected chi connectivity index (χ1v) is 7.59. The fourth-order valence-electron chi connectivity index (χ4n) is 1.61. The van der Waals surface area contributed by atoms with Crippen molar-refractivity contribution in [3.05, 3.63) is 0 Å². The van der Waals surface area contributed by atoms with Gasteiger partial charge in [-0.15, -0.1) is 11.6 Å². The van der Waals surface area contributed by atoms with Gasteiger partial charge in [0.05, 0.1) is 5.75 Å². The number of halogens is 1. The highest BCUT2D eigenvalue weighted by molar-refractivity contribution is 7.89. The van der Waals surface area contributed by atoms with Crippen LogP contribution < -0.4 is 4.72 Å². The van der Waals surface area contributed by atoms with Crippen molar-refractivity contribution in [3.63, 3.8) is 0 Å². The summed E-state index contributed by atoms with van der Waals surface area (Å²) in [5, 5.41) is 0. The third-order valence-electron chi connectivity index (χ3n) is 3.06. The minimum Gasteiger partial charge on any atom is -0.215 e. The maximum Gasteiger partial charge on any atom is 0.211 e. The highest BCUT2D eigenvalue weighted by Gasteiger charge is 2.45. The third-order valence-corrected chi connectivity index (χ3v) is 4.76. The van der Waals surface area contributed by atoms with E-state index in [9.17, 15) is 8.42 Å². The van der Waals surface area contributed by atoms with Crippen LogP contribution in [0.25, 0.3) is 0 Å². The first-order valence-electron chi connectivity index (χ1n) is 5.41. The molecule has 1 fully saturated rings. The van der Waals surface area contributed by atoms with Gasteiger partial charge in [0, 0.05) is 12.4 Å². The van der Waals surface area contributed by atoms with Crippen LogP contribution in [0.5, 0.6) is 0 Å². The van der Waals surface area contributed by atoms with E-state index in [2.05, 4.69) is 18.6 Å². The summed E-state index contributed by atoms with van der Waals surface area (Å²) in [6.45, 7) is 4.93. The second kappa shape index (κ2) is 5.02. The number of alkyl halides is 1. The average Bonchev–Trinajstić information content (AvgIpc) is 2.71. The summed E-state index contributed by atoms with van der Waals surface area (Å²) in [6, 6.07) is 0. The van der Waals surface area contributed by atoms with Gasteiger partial charge in [-0.3, -0.25) is 0 Å². The highest BCUT2D eigenvalue weighted by Crippen LogP contribution is 2.51. The Kier molecular flexibility index (Phi) is 4.44. The van der Waals surface area contributed by atoms with Crippen LogP contribution in [0.3, 0.4) is 0 Å². The van der Waals surface area contributed by atoms with Crippen molar-refractivity contribution in [2.24, 2.45) is 11.3 Å². The smallest absolute Gasteiger partial charge is 0.211 e. The summed E-state index contributed by atoms with van der Waals surface area (Å²) in [5.41, 5.74) is 0.332. The number of rotatable bonds is 7. The van der Waals surface area contributed by atoms with E-state index in [1.54, 1.807) is 0 Å². The number of hydrogen-bond acceptors (Lipinski definition) is 2. The second-order valence-corrected chi connectivity index (χ2v) is 7.26. The van der Waals surface area contributed by atoms with Crippen LogP contribution in [-0.4, -0.2) is 26.6 Å². The van der Waals surface area contributed by atoms with Gasteiger partial charge in [0.15, 0.2) is 0 Å². The average molecular weight is 254 g/mol. The quantitative estimate of drug-likeness (QED) is 0.557. The molecule has 0 spiro atoms. The summed E-state index contributed by atoms with van der Waals surface area (Å²) in [6.07, 6.45) is 2.53. The molecule has 0 heterocycles. The fourth-order valence-corrected chi connectivity index (χ4v) is 2.98. The molecular formula is C10H20ClNO2S. The van der Waals surface area contributed by atoms with Crippen molar-refractivity contribution in [2.75, 3.05) is 18.2 Å². The van der Waals surface area contributed by atoms with E-state index in [1.807, 2.05) is 0 Å². The van der Waals surface area contributed by atoms with Gasteiger partial charge in [-0.2, -0.15) is 0 Å². The van der Waals surface area contributed by atoms with Gasteiger partial charge < -0.3 is 0 Å². The van der Waals surface area contributed by atoms with Crippen LogP contribution in [-0.2, 0) is 10.0 Å². The van der Waals surface area contributed by atoms with E-state index >= 15 is 0 Å². The minimum absolute atomic E-state index is 0.201. The summed E-state index contributed by atoms with van der Waals surface area (Å²) in [7, 11) is -3.07. The lowest BCUT2D eigenvalue weighted by Gasteiger charge is -2.07. The topological polar surface area (TPSA) is 46.2 Å². The molecule has 5 heteroatoms. The van der Waals surface area contributed by atoms with Gasteiger partial charge in [-0.1, -0.05) is 13.8 Å². The minimum atomic E-state index is -3.07. The maximum absolute atomic E-state index is 11.5. The SMILES string of the molecule is CC1(C)CC1CNS(=O)(=O)CCCCCl. The van der Waals surface area contributed by atoms with Crippen LogP contribution in [0.1, 0.15) is 33.1 Å². The molecule has 1 unspecified atom stereocenters. The van der Waals surface area contributed by atoms with Crippen molar-refractivity contribution < 1.29 is 8.42 Å². The number of unbranched alkanes of at least 4 members (excludes halogenated alkanes) is 1. The van der Waals surface area contributed by atoms with Crippen LogP contribution in [0.15, 0.2) is 0 Å². The first-order chi connectivity index (χ1) is 6.87. The first kappa shape index (κ1) is 13.3. The Balaban J connectivity index is 2.19. The number of sulfonamides is 1. The van der Waals surface area contributed by atoms with E-state index < -0.39 is 10.0 Å². The second-order valence-electron chi connectivity index (χ2n) is 4.95. The summed E-state index contributed by atoms with van der Waals surface area (Å²) >= 11 is 5.49. The normalized spacial score (nSPS) is 24.1. The zero-order valence-corrected chi connectivity index (χ0v) is 11.0. The summed E-state index contributed by atoms with van der Waals surface area (Å²) < 4.78 is 25.7. The van der Waals surface area contributed by atoms with E-state index in [4.69, 9.17) is 11.6 Å². The molecule has 0 aliphatic heterocycles. The molecule has 0 bridgehead atoms. The molecule has 1 aliphatic rings. The van der Waals surface area contributed by atoms with Crippen molar-refractivity contribution >= 4 is 21.6 Å². The molecule has 1 N–H and O–H groups in total. The molecule has 0 aromatic carbocycles. The molecule has 0 saturated heterocycles. The van der Waals surface area contributed by atoms with E-state index in [1.165, 1.54) is 0 Å². The fraction of sp³-hybridized carbons (Fsp3) is 1.00. The zero-order chi connectivity index (χ0) is 11.5. The van der Waals surface area contributed by atoms with Gasteiger partial charge in [0.1, 0.15) is 0 Å². The van der Waals surface area contributed by atoms with Crippen molar-refractivity contribution in [2.45, 2.75) is 33.1 Å². The van der Waals surface area contributed by atoms with E-state index in [-0.39, 0.29) is 5.75 Å². The van der Waals surface area contributed by atoms with Crippen LogP contribution in [0, 0.1) is 11.3 Å². The summed E-state index contributed by atoms with van der Waals surface area (Å²) in [5.74, 6) is 1.25. The Labute approximate surface area is 97.6 Å².